The lowest BCUT2D eigenvalue weighted by Crippen LogP contribution is -2.28. The summed E-state index contributed by atoms with van der Waals surface area (Å²) in [5.41, 5.74) is 47.6. The van der Waals surface area contributed by atoms with Gasteiger partial charge in [-0.3, -0.25) is 0 Å². The molecule has 0 fully saturated rings. The molecule has 0 aliphatic heterocycles. The SMILES string of the molecule is C=C(C(CC)OC(=S)Oc1ccccc1)N(C)C.C=C(C(O)CC)N(C)C.C=C(CCC)N(C)C.C=C(CCC)NC.C=C(NC)C(O)CC.C=CN(C)C.CC.CC.CC1=C(C)Cc2ccccc2C1.CC1=C(C)Cc2ccccc2C1.CC1=C(C)Cc2ccccc2C1.CC1=C(C)Cc2ccccc2C1.CC1=C(C)Cc2ccccc2C1.CC1=C(C)Cc2ccccc2C1.CC1=C(C)Cc2ccccc2C1. The Morgan fingerprint density at radius 1 is 0.315 bits per heavy atom. The smallest absolute Gasteiger partial charge is 0.358 e. The molecule has 0 spiro atoms. The molecule has 8 aromatic carbocycles. The second-order valence-corrected chi connectivity index (χ2v) is 39.1. The van der Waals surface area contributed by atoms with Gasteiger partial charge in [0, 0.05) is 111 Å². The molecule has 0 saturated carbocycles. The molecule has 143 heavy (non-hydrogen) atoms. The first-order chi connectivity index (χ1) is 68.0. The Bertz CT molecular complexity index is 4500. The summed E-state index contributed by atoms with van der Waals surface area (Å²) in [7, 11) is 19.2. The molecule has 0 saturated heterocycles. The molecule has 0 radical (unpaired) electrons. The van der Waals surface area contributed by atoms with E-state index in [-0.39, 0.29) is 23.5 Å². The Kier molecular flexibility index (Phi) is 66.2. The number of nitrogens with zero attached hydrogens (tertiary/aromatic N) is 4. The van der Waals surface area contributed by atoms with Crippen molar-refractivity contribution in [2.45, 2.75) is 312 Å². The molecule has 3 unspecified atom stereocenters. The van der Waals surface area contributed by atoms with Crippen LogP contribution in [0.15, 0.2) is 352 Å². The highest BCUT2D eigenvalue weighted by Crippen LogP contribution is 2.32. The summed E-state index contributed by atoms with van der Waals surface area (Å²) >= 11 is 5.08. The Hall–Kier alpha value is -11.2. The molecule has 7 aliphatic rings. The van der Waals surface area contributed by atoms with Gasteiger partial charge in [0.15, 0.2) is 0 Å². The molecule has 3 atom stereocenters. The van der Waals surface area contributed by atoms with Gasteiger partial charge in [-0.25, -0.2) is 0 Å². The fraction of sp³-hybridized carbons (Fsp3) is 0.432. The van der Waals surface area contributed by atoms with E-state index in [1.165, 1.54) is 96.4 Å². The first kappa shape index (κ1) is 130. The molecule has 8 aromatic rings. The fourth-order valence-corrected chi connectivity index (χ4v) is 15.9. The fourth-order valence-electron chi connectivity index (χ4n) is 15.7. The van der Waals surface area contributed by atoms with Gasteiger partial charge >= 0.3 is 5.24 Å². The number of thiocarbonyl (C=S) groups is 1. The molecule has 0 amide bonds. The number of aliphatic hydroxyl groups excluding tert-OH is 2. The highest BCUT2D eigenvalue weighted by Gasteiger charge is 2.20. The average Bonchev–Trinajstić information content (AvgIpc) is 0.859. The predicted molar refractivity (Wildman–Crippen MR) is 634 cm³/mol. The number of rotatable bonds is 18. The topological polar surface area (TPSA) is 95.9 Å². The number of hydrogen-bond donors (Lipinski definition) is 4. The second-order valence-electron chi connectivity index (χ2n) is 38.8. The van der Waals surface area contributed by atoms with E-state index in [1.54, 1.807) is 91.3 Å². The number of ether oxygens (including phenoxy) is 2. The third-order valence-electron chi connectivity index (χ3n) is 26.7. The minimum absolute atomic E-state index is 0.121. The summed E-state index contributed by atoms with van der Waals surface area (Å²) in [5.74, 6) is 0.674. The van der Waals surface area contributed by atoms with Gasteiger partial charge in [-0.15, -0.1) is 0 Å². The molecule has 15 rings (SSSR count). The molecule has 782 valence electrons. The van der Waals surface area contributed by atoms with Gasteiger partial charge in [-0.1, -0.05) is 381 Å². The van der Waals surface area contributed by atoms with Crippen molar-refractivity contribution in [3.8, 4) is 5.75 Å². The summed E-state index contributed by atoms with van der Waals surface area (Å²) in [4.78, 5) is 7.69. The second kappa shape index (κ2) is 72.9. The minimum Gasteiger partial charge on any atom is -0.447 e. The number of fused-ring (bicyclic) bond motifs is 7. The third-order valence-corrected chi connectivity index (χ3v) is 26.9. The zero-order chi connectivity index (χ0) is 108. The van der Waals surface area contributed by atoms with E-state index in [9.17, 15) is 0 Å². The summed E-state index contributed by atoms with van der Waals surface area (Å²) in [6.07, 6.45) is 23.8. The van der Waals surface area contributed by atoms with Crippen LogP contribution in [0.5, 0.6) is 5.75 Å². The minimum atomic E-state index is -0.389. The van der Waals surface area contributed by atoms with Crippen molar-refractivity contribution >= 4 is 17.5 Å². The van der Waals surface area contributed by atoms with Crippen LogP contribution in [0.25, 0.3) is 0 Å². The van der Waals surface area contributed by atoms with Crippen LogP contribution in [0.3, 0.4) is 0 Å². The van der Waals surface area contributed by atoms with Crippen molar-refractivity contribution < 1.29 is 19.7 Å². The lowest BCUT2D eigenvalue weighted by molar-refractivity contribution is 0.158. The zero-order valence-electron chi connectivity index (χ0n) is 95.9. The Morgan fingerprint density at radius 2 is 0.517 bits per heavy atom. The lowest BCUT2D eigenvalue weighted by atomic mass is 9.88. The van der Waals surface area contributed by atoms with Crippen LogP contribution < -0.4 is 15.4 Å². The standard InChI is InChI=1S/C14H19NO2S.7C12H14.C7H15NO.C7H15N.C6H13NO.C6H13N.C4H9N.2C2H6/c1-5-13(11(2)15(3)4)17-14(18)16-12-9-7-6-8-10-12;7*1-9-7-11-5-3-4-6-12(11)8-10(9)2;1-5-7(9)6(2)8(3)4;1-5-6-7(2)8(3)4;1-4-6(8)5(2)7-3;1-4-5-6(2)7-3;1-4-5(2)3;2*1-2/h6-10,13H,2,5H2,1,3-4H3;7*3-6H,7-8H2,1-2H3;7,9H,2,5H2,1,3-4H3;2,5-6H2,1,3-4H3;6-8H,2,4H2,1,3H3;7H,2,4-5H2,1,3H3;4H,1H2,2-3H3;2*1-2H3. The Labute approximate surface area is 880 Å². The van der Waals surface area contributed by atoms with Gasteiger partial charge in [-0.05, 0) is 315 Å². The molecule has 11 heteroatoms. The molecular weight excluding hydrogens is 1770 g/mol. The maximum Gasteiger partial charge on any atom is 0.358 e. The number of aliphatic hydroxyl groups is 2. The first-order valence-electron chi connectivity index (χ1n) is 52.4. The number of benzene rings is 8. The van der Waals surface area contributed by atoms with Gasteiger partial charge in [0.25, 0.3) is 0 Å². The van der Waals surface area contributed by atoms with Crippen LogP contribution >= 0.6 is 12.2 Å². The Balaban J connectivity index is 0.000000779. The Morgan fingerprint density at radius 3 is 0.643 bits per heavy atom. The van der Waals surface area contributed by atoms with E-state index in [0.29, 0.717) is 11.4 Å². The van der Waals surface area contributed by atoms with Gasteiger partial charge < -0.3 is 49.9 Å². The van der Waals surface area contributed by atoms with E-state index in [2.05, 4.69) is 336 Å². The van der Waals surface area contributed by atoms with Crippen LogP contribution in [-0.2, 0) is 94.6 Å². The van der Waals surface area contributed by atoms with Crippen molar-refractivity contribution in [2.24, 2.45) is 0 Å². The monoisotopic (exact) mass is 1960 g/mol. The third kappa shape index (κ3) is 50.2. The number of nitrogens with one attached hydrogen (secondary N) is 2. The summed E-state index contributed by atoms with van der Waals surface area (Å²) < 4.78 is 11.0. The molecule has 7 aliphatic carbocycles. The lowest BCUT2D eigenvalue weighted by Gasteiger charge is -2.24. The molecule has 0 bridgehead atoms. The van der Waals surface area contributed by atoms with Crippen LogP contribution in [0.4, 0.5) is 0 Å². The highest BCUT2D eigenvalue weighted by molar-refractivity contribution is 7.79. The van der Waals surface area contributed by atoms with Gasteiger partial charge in [0.1, 0.15) is 11.9 Å². The molecule has 0 heterocycles. The first-order valence-corrected chi connectivity index (χ1v) is 52.8. The normalized spacial score (nSPS) is 13.7. The molecule has 10 nitrogen and oxygen atoms in total. The number of likely N-dealkylation sites (N-methyl/N-ethyl adjacent to an activating group) is 3. The van der Waals surface area contributed by atoms with Crippen molar-refractivity contribution in [3.63, 3.8) is 0 Å². The van der Waals surface area contributed by atoms with Crippen LogP contribution in [0, 0.1) is 0 Å². The van der Waals surface area contributed by atoms with E-state index in [0.717, 1.165) is 139 Å². The predicted octanol–water partition coefficient (Wildman–Crippen LogP) is 32.5. The van der Waals surface area contributed by atoms with E-state index in [4.69, 9.17) is 31.9 Å². The largest absolute Gasteiger partial charge is 0.447 e. The molecule has 4 N–H and O–H groups in total. The summed E-state index contributed by atoms with van der Waals surface area (Å²) in [6, 6.07) is 70.6. The average molecular weight is 1960 g/mol. The van der Waals surface area contributed by atoms with Crippen LogP contribution in [0.2, 0.25) is 0 Å². The van der Waals surface area contributed by atoms with Crippen molar-refractivity contribution in [1.82, 2.24) is 30.2 Å². The van der Waals surface area contributed by atoms with Crippen LogP contribution in [-0.4, -0.2) is 124 Å². The molecular formula is C132H194N6O4S. The van der Waals surface area contributed by atoms with Crippen molar-refractivity contribution in [3.05, 3.63) is 430 Å². The number of hydrogen-bond acceptors (Lipinski definition) is 11. The quantitative estimate of drug-likeness (QED) is 0.0489. The maximum absolute atomic E-state index is 9.16. The summed E-state index contributed by atoms with van der Waals surface area (Å²) in [6.45, 7) is 71.9. The van der Waals surface area contributed by atoms with Crippen LogP contribution in [0.1, 0.15) is 282 Å². The van der Waals surface area contributed by atoms with E-state index < -0.39 is 0 Å². The molecule has 0 aromatic heterocycles. The summed E-state index contributed by atoms with van der Waals surface area (Å²) in [5, 5.41) is 24.0. The zero-order valence-corrected chi connectivity index (χ0v) is 96.7. The van der Waals surface area contributed by atoms with Crippen molar-refractivity contribution in [1.29, 1.82) is 0 Å². The number of para-hydroxylation sites is 1. The van der Waals surface area contributed by atoms with Crippen molar-refractivity contribution in [2.75, 3.05) is 70.5 Å². The highest BCUT2D eigenvalue weighted by atomic mass is 32.1. The maximum atomic E-state index is 9.16. The van der Waals surface area contributed by atoms with Gasteiger partial charge in [-0.2, -0.15) is 0 Å². The van der Waals surface area contributed by atoms with E-state index >= 15 is 0 Å². The van der Waals surface area contributed by atoms with Gasteiger partial charge in [0.2, 0.25) is 0 Å². The van der Waals surface area contributed by atoms with Gasteiger partial charge in [0.05, 0.1) is 12.2 Å². The van der Waals surface area contributed by atoms with E-state index in [1.807, 2.05) is 157 Å². The number of allylic oxidation sites excluding steroid dienone is 16.